The number of aliphatic imine (C=N–C) groups is 1. The van der Waals surface area contributed by atoms with Crippen molar-refractivity contribution in [3.63, 3.8) is 0 Å². The monoisotopic (exact) mass is 589 g/mol. The fraction of sp³-hybridized carbons (Fsp3) is 0.483. The highest BCUT2D eigenvalue weighted by molar-refractivity contribution is 7.99. The van der Waals surface area contributed by atoms with Gasteiger partial charge in [0.25, 0.3) is 0 Å². The molecule has 0 radical (unpaired) electrons. The lowest BCUT2D eigenvalue weighted by Crippen LogP contribution is -2.34. The number of aliphatic carboxylic acids is 2. The molecule has 2 atom stereocenters. The SMILES string of the molecule is CC(C)(C)O[C@@H](Cc1ccc(OCCN2CCSc3ccccc32)cc1)C(=O)O.NC(N)=NCCCC(N)C(=O)O. The largest absolute Gasteiger partial charge is 0.492 e. The first-order valence-corrected chi connectivity index (χ1v) is 14.5. The van der Waals surface area contributed by atoms with E-state index in [0.717, 1.165) is 30.2 Å². The van der Waals surface area contributed by atoms with Gasteiger partial charge in [0.2, 0.25) is 0 Å². The molecule has 226 valence electrons. The van der Waals surface area contributed by atoms with E-state index < -0.39 is 29.7 Å². The van der Waals surface area contributed by atoms with E-state index in [-0.39, 0.29) is 5.96 Å². The van der Waals surface area contributed by atoms with Gasteiger partial charge in [-0.25, -0.2) is 4.79 Å². The second-order valence-corrected chi connectivity index (χ2v) is 11.6. The summed E-state index contributed by atoms with van der Waals surface area (Å²) in [6.07, 6.45) is 0.422. The summed E-state index contributed by atoms with van der Waals surface area (Å²) in [5, 5.41) is 17.8. The predicted octanol–water partition coefficient (Wildman–Crippen LogP) is 2.94. The minimum absolute atomic E-state index is 0.0129. The lowest BCUT2D eigenvalue weighted by molar-refractivity contribution is -0.159. The highest BCUT2D eigenvalue weighted by Gasteiger charge is 2.25. The normalized spacial score (nSPS) is 14.1. The van der Waals surface area contributed by atoms with Crippen molar-refractivity contribution in [1.82, 2.24) is 0 Å². The molecule has 0 aliphatic carbocycles. The molecule has 2 aromatic rings. The number of hydrogen-bond acceptors (Lipinski definition) is 8. The van der Waals surface area contributed by atoms with Crippen LogP contribution in [0.25, 0.3) is 0 Å². The molecule has 0 fully saturated rings. The lowest BCUT2D eigenvalue weighted by Gasteiger charge is -2.30. The van der Waals surface area contributed by atoms with Crippen LogP contribution in [0, 0.1) is 0 Å². The molecule has 1 unspecified atom stereocenters. The number of guanidine groups is 1. The van der Waals surface area contributed by atoms with Crippen LogP contribution in [0.2, 0.25) is 0 Å². The fourth-order valence-corrected chi connectivity index (χ4v) is 4.97. The van der Waals surface area contributed by atoms with E-state index in [9.17, 15) is 14.7 Å². The number of para-hydroxylation sites is 1. The van der Waals surface area contributed by atoms with Gasteiger partial charge in [-0.2, -0.15) is 0 Å². The van der Waals surface area contributed by atoms with E-state index in [4.69, 9.17) is 31.8 Å². The fourth-order valence-electron chi connectivity index (χ4n) is 3.92. The topological polar surface area (TPSA) is 187 Å². The third-order valence-electron chi connectivity index (χ3n) is 5.86. The molecule has 11 nitrogen and oxygen atoms in total. The van der Waals surface area contributed by atoms with E-state index in [2.05, 4.69) is 34.2 Å². The van der Waals surface area contributed by atoms with Gasteiger partial charge >= 0.3 is 11.9 Å². The Morgan fingerprint density at radius 1 is 1.07 bits per heavy atom. The van der Waals surface area contributed by atoms with Crippen molar-refractivity contribution in [2.45, 2.75) is 62.7 Å². The molecule has 3 rings (SSSR count). The van der Waals surface area contributed by atoms with Crippen LogP contribution in [-0.2, 0) is 20.7 Å². The first kappa shape index (κ1) is 33.7. The van der Waals surface area contributed by atoms with E-state index >= 15 is 0 Å². The van der Waals surface area contributed by atoms with Gasteiger partial charge in [-0.05, 0) is 63.4 Å². The van der Waals surface area contributed by atoms with Crippen molar-refractivity contribution in [3.05, 3.63) is 54.1 Å². The summed E-state index contributed by atoms with van der Waals surface area (Å²) in [6, 6.07) is 15.3. The summed E-state index contributed by atoms with van der Waals surface area (Å²) < 4.78 is 11.6. The highest BCUT2D eigenvalue weighted by Crippen LogP contribution is 2.34. The lowest BCUT2D eigenvalue weighted by atomic mass is 10.1. The van der Waals surface area contributed by atoms with Gasteiger partial charge in [0.05, 0.1) is 17.8 Å². The van der Waals surface area contributed by atoms with Crippen molar-refractivity contribution in [2.75, 3.05) is 36.9 Å². The van der Waals surface area contributed by atoms with E-state index in [1.807, 2.05) is 56.8 Å². The zero-order valence-corrected chi connectivity index (χ0v) is 24.8. The maximum Gasteiger partial charge on any atom is 0.333 e. The van der Waals surface area contributed by atoms with Gasteiger partial charge in [0.1, 0.15) is 18.4 Å². The van der Waals surface area contributed by atoms with Crippen LogP contribution in [0.15, 0.2) is 58.4 Å². The summed E-state index contributed by atoms with van der Waals surface area (Å²) in [6.45, 7) is 8.46. The number of carboxylic acids is 2. The molecule has 1 aliphatic rings. The Kier molecular flexibility index (Phi) is 13.7. The van der Waals surface area contributed by atoms with Crippen molar-refractivity contribution in [1.29, 1.82) is 0 Å². The molecule has 1 aliphatic heterocycles. The molecule has 0 amide bonds. The Morgan fingerprint density at radius 2 is 1.76 bits per heavy atom. The number of rotatable bonds is 13. The van der Waals surface area contributed by atoms with Gasteiger partial charge in [-0.3, -0.25) is 9.79 Å². The van der Waals surface area contributed by atoms with Crippen LogP contribution in [0.4, 0.5) is 5.69 Å². The summed E-state index contributed by atoms with van der Waals surface area (Å²) >= 11 is 1.90. The first-order chi connectivity index (χ1) is 19.4. The minimum atomic E-state index is -1.00. The van der Waals surface area contributed by atoms with Crippen LogP contribution in [0.5, 0.6) is 5.75 Å². The highest BCUT2D eigenvalue weighted by atomic mass is 32.2. The summed E-state index contributed by atoms with van der Waals surface area (Å²) in [5.74, 6) is -0.0524. The predicted molar refractivity (Wildman–Crippen MR) is 163 cm³/mol. The molecule has 0 saturated carbocycles. The third-order valence-corrected chi connectivity index (χ3v) is 6.90. The number of ether oxygens (including phenoxy) is 2. The van der Waals surface area contributed by atoms with Gasteiger partial charge in [0, 0.05) is 30.2 Å². The number of carboxylic acid groups (broad SMARTS) is 2. The van der Waals surface area contributed by atoms with E-state index in [1.165, 1.54) is 10.6 Å². The maximum atomic E-state index is 11.5. The third kappa shape index (κ3) is 13.2. The zero-order valence-electron chi connectivity index (χ0n) is 24.0. The number of nitrogens with zero attached hydrogens (tertiary/aromatic N) is 2. The summed E-state index contributed by atoms with van der Waals surface area (Å²) in [4.78, 5) is 29.1. The Hall–Kier alpha value is -3.48. The maximum absolute atomic E-state index is 11.5. The van der Waals surface area contributed by atoms with Gasteiger partial charge in [-0.1, -0.05) is 24.3 Å². The minimum Gasteiger partial charge on any atom is -0.492 e. The van der Waals surface area contributed by atoms with Crippen molar-refractivity contribution < 1.29 is 29.3 Å². The number of fused-ring (bicyclic) bond motifs is 1. The molecule has 0 saturated heterocycles. The van der Waals surface area contributed by atoms with E-state index in [1.54, 1.807) is 0 Å². The molecule has 12 heteroatoms. The van der Waals surface area contributed by atoms with E-state index in [0.29, 0.717) is 32.4 Å². The average molecular weight is 590 g/mol. The smallest absolute Gasteiger partial charge is 0.333 e. The molecule has 41 heavy (non-hydrogen) atoms. The second kappa shape index (κ2) is 16.7. The van der Waals surface area contributed by atoms with Crippen LogP contribution >= 0.6 is 11.8 Å². The molecule has 0 bridgehead atoms. The standard InChI is InChI=1S/C23H29NO4S.C6H14N4O2/c1-23(2,3)28-20(22(25)26)16-17-8-10-18(11-9-17)27-14-12-24-13-15-29-21-7-5-4-6-19(21)24;7-4(5(11)12)2-1-3-10-6(8)9/h4-11,20H,12-16H2,1-3H3,(H,25,26);4H,1-3,7H2,(H,11,12)(H4,8,9,10)/t20-;/m0./s1. The molecule has 8 N–H and O–H groups in total. The first-order valence-electron chi connectivity index (χ1n) is 13.5. The van der Waals surface area contributed by atoms with Crippen LogP contribution in [-0.4, -0.2) is 77.9 Å². The Bertz CT molecular complexity index is 1140. The molecule has 0 spiro atoms. The molecular weight excluding hydrogens is 546 g/mol. The van der Waals surface area contributed by atoms with Crippen molar-refractivity contribution >= 4 is 35.3 Å². The summed E-state index contributed by atoms with van der Waals surface area (Å²) in [5.41, 5.74) is 17.0. The van der Waals surface area contributed by atoms with Gasteiger partial charge in [-0.15, -0.1) is 11.8 Å². The Balaban J connectivity index is 0.000000415. The van der Waals surface area contributed by atoms with Gasteiger partial charge in [0.15, 0.2) is 12.1 Å². The number of nitrogens with two attached hydrogens (primary N) is 3. The van der Waals surface area contributed by atoms with Crippen LogP contribution < -0.4 is 26.8 Å². The van der Waals surface area contributed by atoms with Crippen molar-refractivity contribution in [3.8, 4) is 5.75 Å². The number of anilines is 1. The number of carbonyl (C=O) groups is 2. The molecular formula is C29H43N5O6S. The van der Waals surface area contributed by atoms with Crippen LogP contribution in [0.3, 0.4) is 0 Å². The number of thioether (sulfide) groups is 1. The number of hydrogen-bond donors (Lipinski definition) is 5. The Morgan fingerprint density at radius 3 is 2.37 bits per heavy atom. The second-order valence-electron chi connectivity index (χ2n) is 10.5. The quantitative estimate of drug-likeness (QED) is 0.131. The molecule has 2 aromatic carbocycles. The molecule has 0 aromatic heterocycles. The van der Waals surface area contributed by atoms with Crippen molar-refractivity contribution in [2.24, 2.45) is 22.2 Å². The van der Waals surface area contributed by atoms with Gasteiger partial charge < -0.3 is 41.8 Å². The zero-order chi connectivity index (χ0) is 30.4. The van der Waals surface area contributed by atoms with Crippen LogP contribution in [0.1, 0.15) is 39.2 Å². The Labute approximate surface area is 246 Å². The summed E-state index contributed by atoms with van der Waals surface area (Å²) in [7, 11) is 0. The average Bonchev–Trinajstić information content (AvgIpc) is 2.91. The molecule has 1 heterocycles. The number of benzene rings is 2.